The van der Waals surface area contributed by atoms with Crippen molar-refractivity contribution in [1.82, 2.24) is 15.6 Å². The summed E-state index contributed by atoms with van der Waals surface area (Å²) in [6.45, 7) is 0. The number of carbonyl (C=O) groups excluding carboxylic acids is 2. The van der Waals surface area contributed by atoms with E-state index in [-0.39, 0.29) is 16.3 Å². The monoisotopic (exact) mass is 449 g/mol. The molecule has 2 amide bonds. The summed E-state index contributed by atoms with van der Waals surface area (Å²) in [5, 5.41) is 0.289. The molecule has 3 N–H and O–H groups in total. The predicted molar refractivity (Wildman–Crippen MR) is 98.0 cm³/mol. The summed E-state index contributed by atoms with van der Waals surface area (Å²) < 4.78 is 64.1. The molecule has 0 spiro atoms. The molecular formula is C17H15ClF3N3O4S. The first-order valence-corrected chi connectivity index (χ1v) is 9.84. The van der Waals surface area contributed by atoms with E-state index in [0.29, 0.717) is 5.56 Å². The molecule has 0 radical (unpaired) electrons. The molecule has 2 aromatic carbocycles. The van der Waals surface area contributed by atoms with Crippen LogP contribution in [0, 0.1) is 0 Å². The molecular weight excluding hydrogens is 435 g/mol. The van der Waals surface area contributed by atoms with Gasteiger partial charge in [-0.1, -0.05) is 41.9 Å². The van der Waals surface area contributed by atoms with Gasteiger partial charge < -0.3 is 0 Å². The van der Waals surface area contributed by atoms with Gasteiger partial charge in [0, 0.05) is 5.02 Å². The van der Waals surface area contributed by atoms with E-state index in [1.165, 1.54) is 29.7 Å². The van der Waals surface area contributed by atoms with Gasteiger partial charge in [-0.15, -0.1) is 0 Å². The lowest BCUT2D eigenvalue weighted by molar-refractivity contribution is -0.175. The average molecular weight is 450 g/mol. The highest BCUT2D eigenvalue weighted by Crippen LogP contribution is 2.16. The highest BCUT2D eigenvalue weighted by molar-refractivity contribution is 7.89. The van der Waals surface area contributed by atoms with Gasteiger partial charge in [0.1, 0.15) is 6.04 Å². The van der Waals surface area contributed by atoms with Gasteiger partial charge in [-0.05, 0) is 36.2 Å². The van der Waals surface area contributed by atoms with E-state index < -0.39 is 34.1 Å². The van der Waals surface area contributed by atoms with Gasteiger partial charge in [-0.2, -0.15) is 17.9 Å². The minimum Gasteiger partial charge on any atom is -0.271 e. The number of hydrogen-bond donors (Lipinski definition) is 3. The number of benzene rings is 2. The van der Waals surface area contributed by atoms with Crippen LogP contribution in [0.2, 0.25) is 5.02 Å². The Morgan fingerprint density at radius 2 is 1.55 bits per heavy atom. The molecule has 0 heterocycles. The average Bonchev–Trinajstić information content (AvgIpc) is 2.65. The van der Waals surface area contributed by atoms with Gasteiger partial charge >= 0.3 is 12.1 Å². The molecule has 2 rings (SSSR count). The van der Waals surface area contributed by atoms with Crippen LogP contribution in [0.15, 0.2) is 59.5 Å². The zero-order chi connectivity index (χ0) is 21.7. The lowest BCUT2D eigenvalue weighted by Crippen LogP contribution is -2.55. The molecule has 1 atom stereocenters. The van der Waals surface area contributed by atoms with Crippen LogP contribution in [0.4, 0.5) is 13.2 Å². The largest absolute Gasteiger partial charge is 0.472 e. The van der Waals surface area contributed by atoms with Crippen LogP contribution in [0.5, 0.6) is 0 Å². The molecule has 12 heteroatoms. The molecule has 156 valence electrons. The van der Waals surface area contributed by atoms with Crippen LogP contribution in [-0.4, -0.2) is 32.5 Å². The molecule has 0 aliphatic heterocycles. The van der Waals surface area contributed by atoms with Crippen LogP contribution in [0.1, 0.15) is 5.56 Å². The van der Waals surface area contributed by atoms with Crippen molar-refractivity contribution >= 4 is 33.4 Å². The molecule has 2 aromatic rings. The Morgan fingerprint density at radius 3 is 2.10 bits per heavy atom. The summed E-state index contributed by atoms with van der Waals surface area (Å²) >= 11 is 5.72. The highest BCUT2D eigenvalue weighted by Gasteiger charge is 2.39. The number of hydrogen-bond acceptors (Lipinski definition) is 4. The maximum atomic E-state index is 12.5. The topological polar surface area (TPSA) is 104 Å². The number of amides is 2. The summed E-state index contributed by atoms with van der Waals surface area (Å²) in [4.78, 5) is 23.0. The van der Waals surface area contributed by atoms with Gasteiger partial charge in [0.25, 0.3) is 5.91 Å². The third-order valence-electron chi connectivity index (χ3n) is 3.58. The molecule has 1 unspecified atom stereocenters. The molecule has 0 aliphatic carbocycles. The fraction of sp³-hybridized carbons (Fsp3) is 0.176. The fourth-order valence-electron chi connectivity index (χ4n) is 2.18. The first kappa shape index (κ1) is 22.7. The van der Waals surface area contributed by atoms with Crippen LogP contribution >= 0.6 is 11.6 Å². The Hall–Kier alpha value is -2.63. The van der Waals surface area contributed by atoms with Crippen molar-refractivity contribution in [3.05, 3.63) is 65.2 Å². The number of sulfonamides is 1. The van der Waals surface area contributed by atoms with Gasteiger partial charge in [0.05, 0.1) is 4.90 Å². The highest BCUT2D eigenvalue weighted by atomic mass is 35.5. The Kier molecular flexibility index (Phi) is 7.22. The van der Waals surface area contributed by atoms with E-state index in [9.17, 15) is 31.2 Å². The standard InChI is InChI=1S/C17H15ClF3N3O4S/c18-12-6-8-13(9-7-12)29(27,28)24-14(10-11-4-2-1-3-5-11)15(25)22-23-16(26)17(19,20)21/h1-9,14,24H,10H2,(H,22,25)(H,23,26). The third-order valence-corrected chi connectivity index (χ3v) is 5.32. The zero-order valence-electron chi connectivity index (χ0n) is 14.5. The molecule has 29 heavy (non-hydrogen) atoms. The quantitative estimate of drug-likeness (QED) is 0.586. The van der Waals surface area contributed by atoms with Crippen molar-refractivity contribution in [2.24, 2.45) is 0 Å². The molecule has 0 fully saturated rings. The molecule has 0 aliphatic rings. The number of hydrazine groups is 1. The molecule has 0 saturated carbocycles. The van der Waals surface area contributed by atoms with E-state index in [0.717, 1.165) is 0 Å². The van der Waals surface area contributed by atoms with Crippen molar-refractivity contribution in [3.63, 3.8) is 0 Å². The van der Waals surface area contributed by atoms with Crippen molar-refractivity contribution < 1.29 is 31.2 Å². The lowest BCUT2D eigenvalue weighted by atomic mass is 10.1. The molecule has 0 bridgehead atoms. The predicted octanol–water partition coefficient (Wildman–Crippen LogP) is 1.94. The second-order valence-corrected chi connectivity index (χ2v) is 7.91. The van der Waals surface area contributed by atoms with Crippen LogP contribution in [-0.2, 0) is 26.0 Å². The number of carbonyl (C=O) groups is 2. The third kappa shape index (κ3) is 6.73. The van der Waals surface area contributed by atoms with Gasteiger partial charge in [-0.25, -0.2) is 8.42 Å². The number of halogens is 4. The fourth-order valence-corrected chi connectivity index (χ4v) is 3.50. The van der Waals surface area contributed by atoms with Gasteiger partial charge in [0.15, 0.2) is 0 Å². The summed E-state index contributed by atoms with van der Waals surface area (Å²) in [5.41, 5.74) is 3.33. The number of rotatable bonds is 6. The second kappa shape index (κ2) is 9.25. The summed E-state index contributed by atoms with van der Waals surface area (Å²) in [6, 6.07) is 11.7. The molecule has 0 aromatic heterocycles. The van der Waals surface area contributed by atoms with Gasteiger partial charge in [-0.3, -0.25) is 20.4 Å². The van der Waals surface area contributed by atoms with Crippen LogP contribution in [0.3, 0.4) is 0 Å². The zero-order valence-corrected chi connectivity index (χ0v) is 16.1. The van der Waals surface area contributed by atoms with E-state index in [2.05, 4.69) is 4.72 Å². The van der Waals surface area contributed by atoms with Crippen LogP contribution < -0.4 is 15.6 Å². The van der Waals surface area contributed by atoms with E-state index in [1.54, 1.807) is 35.8 Å². The summed E-state index contributed by atoms with van der Waals surface area (Å²) in [6.07, 6.45) is -5.40. The first-order chi connectivity index (χ1) is 13.5. The number of nitrogens with one attached hydrogen (secondary N) is 3. The minimum atomic E-state index is -5.22. The van der Waals surface area contributed by atoms with Crippen molar-refractivity contribution in [2.75, 3.05) is 0 Å². The maximum absolute atomic E-state index is 12.5. The van der Waals surface area contributed by atoms with Crippen molar-refractivity contribution in [2.45, 2.75) is 23.5 Å². The Bertz CT molecular complexity index is 968. The smallest absolute Gasteiger partial charge is 0.271 e. The Balaban J connectivity index is 2.21. The second-order valence-electron chi connectivity index (χ2n) is 5.76. The Morgan fingerprint density at radius 1 is 0.966 bits per heavy atom. The van der Waals surface area contributed by atoms with Crippen LogP contribution in [0.25, 0.3) is 0 Å². The lowest BCUT2D eigenvalue weighted by Gasteiger charge is -2.19. The van der Waals surface area contributed by atoms with Crippen molar-refractivity contribution in [3.8, 4) is 0 Å². The van der Waals surface area contributed by atoms with E-state index >= 15 is 0 Å². The maximum Gasteiger partial charge on any atom is 0.472 e. The Labute approximate surface area is 169 Å². The molecule has 0 saturated heterocycles. The van der Waals surface area contributed by atoms with Crippen molar-refractivity contribution in [1.29, 1.82) is 0 Å². The summed E-state index contributed by atoms with van der Waals surface area (Å²) in [5.74, 6) is -3.58. The van der Waals surface area contributed by atoms with Gasteiger partial charge in [0.2, 0.25) is 10.0 Å². The van der Waals surface area contributed by atoms with E-state index in [1.807, 2.05) is 0 Å². The number of alkyl halides is 3. The van der Waals surface area contributed by atoms with E-state index in [4.69, 9.17) is 11.6 Å². The first-order valence-electron chi connectivity index (χ1n) is 7.98. The summed E-state index contributed by atoms with van der Waals surface area (Å²) in [7, 11) is -4.21. The molecule has 7 nitrogen and oxygen atoms in total. The normalized spacial score (nSPS) is 12.8. The minimum absolute atomic E-state index is 0.179. The SMILES string of the molecule is O=C(NNC(=O)C(F)(F)F)C(Cc1ccccc1)NS(=O)(=O)c1ccc(Cl)cc1.